The summed E-state index contributed by atoms with van der Waals surface area (Å²) in [6.45, 7) is 6.06. The summed E-state index contributed by atoms with van der Waals surface area (Å²) in [6.07, 6.45) is -6.21. The summed E-state index contributed by atoms with van der Waals surface area (Å²) in [5.41, 5.74) is 0. The van der Waals surface area contributed by atoms with Crippen LogP contribution in [-0.2, 0) is 9.47 Å². The molecular weight excluding hydrogens is 235 g/mol. The standard InChI is InChI=1S/C11H20F3NO2/c1-4-15-8-6-9(10(8)16-5-2)17-7(3)11(12,13)14/h7-10,15H,4-6H2,1-3H3. The summed E-state index contributed by atoms with van der Waals surface area (Å²) in [5.74, 6) is 0. The van der Waals surface area contributed by atoms with E-state index in [2.05, 4.69) is 5.32 Å². The van der Waals surface area contributed by atoms with Gasteiger partial charge in [-0.15, -0.1) is 0 Å². The number of likely N-dealkylation sites (N-methyl/N-ethyl adjacent to an activating group) is 1. The van der Waals surface area contributed by atoms with E-state index in [1.165, 1.54) is 0 Å². The molecule has 1 fully saturated rings. The van der Waals surface area contributed by atoms with Crippen molar-refractivity contribution in [2.75, 3.05) is 13.2 Å². The Labute approximate surface area is 99.7 Å². The van der Waals surface area contributed by atoms with Gasteiger partial charge >= 0.3 is 6.18 Å². The van der Waals surface area contributed by atoms with E-state index in [4.69, 9.17) is 9.47 Å². The zero-order valence-electron chi connectivity index (χ0n) is 10.4. The third-order valence-electron chi connectivity index (χ3n) is 2.91. The summed E-state index contributed by atoms with van der Waals surface area (Å²) in [7, 11) is 0. The highest BCUT2D eigenvalue weighted by Gasteiger charge is 2.47. The zero-order chi connectivity index (χ0) is 13.1. The summed E-state index contributed by atoms with van der Waals surface area (Å²) in [5, 5.41) is 3.17. The van der Waals surface area contributed by atoms with Crippen molar-refractivity contribution in [3.05, 3.63) is 0 Å². The third-order valence-corrected chi connectivity index (χ3v) is 2.91. The maximum Gasteiger partial charge on any atom is 0.414 e. The lowest BCUT2D eigenvalue weighted by molar-refractivity contribution is -0.256. The van der Waals surface area contributed by atoms with Gasteiger partial charge in [-0.1, -0.05) is 6.92 Å². The highest BCUT2D eigenvalue weighted by Crippen LogP contribution is 2.32. The Balaban J connectivity index is 2.44. The molecule has 0 amide bonds. The fourth-order valence-electron chi connectivity index (χ4n) is 1.93. The molecule has 1 aliphatic carbocycles. The first-order valence-corrected chi connectivity index (χ1v) is 5.97. The van der Waals surface area contributed by atoms with Gasteiger partial charge in [-0.3, -0.25) is 0 Å². The van der Waals surface area contributed by atoms with Crippen LogP contribution in [0.2, 0.25) is 0 Å². The van der Waals surface area contributed by atoms with Gasteiger partial charge in [0.1, 0.15) is 0 Å². The van der Waals surface area contributed by atoms with Crippen molar-refractivity contribution < 1.29 is 22.6 Å². The lowest BCUT2D eigenvalue weighted by atomic mass is 9.85. The lowest BCUT2D eigenvalue weighted by Gasteiger charge is -2.45. The van der Waals surface area contributed by atoms with Crippen molar-refractivity contribution in [1.82, 2.24) is 5.32 Å². The van der Waals surface area contributed by atoms with Gasteiger partial charge in [-0.25, -0.2) is 0 Å². The van der Waals surface area contributed by atoms with E-state index in [0.717, 1.165) is 13.5 Å². The number of hydrogen-bond donors (Lipinski definition) is 1. The number of nitrogens with one attached hydrogen (secondary N) is 1. The van der Waals surface area contributed by atoms with Gasteiger partial charge in [0, 0.05) is 12.6 Å². The fraction of sp³-hybridized carbons (Fsp3) is 1.00. The van der Waals surface area contributed by atoms with E-state index >= 15 is 0 Å². The molecule has 0 bridgehead atoms. The largest absolute Gasteiger partial charge is 0.414 e. The van der Waals surface area contributed by atoms with Gasteiger partial charge < -0.3 is 14.8 Å². The Morgan fingerprint density at radius 2 is 2.00 bits per heavy atom. The summed E-state index contributed by atoms with van der Waals surface area (Å²) >= 11 is 0. The highest BCUT2D eigenvalue weighted by atomic mass is 19.4. The quantitative estimate of drug-likeness (QED) is 0.788. The van der Waals surface area contributed by atoms with Crippen LogP contribution in [0.15, 0.2) is 0 Å². The van der Waals surface area contributed by atoms with Crippen LogP contribution in [-0.4, -0.2) is 43.7 Å². The monoisotopic (exact) mass is 255 g/mol. The van der Waals surface area contributed by atoms with Crippen LogP contribution in [0, 0.1) is 0 Å². The average Bonchev–Trinajstić information content (AvgIpc) is 2.23. The molecule has 6 heteroatoms. The van der Waals surface area contributed by atoms with E-state index in [0.29, 0.717) is 13.0 Å². The van der Waals surface area contributed by atoms with Gasteiger partial charge in [0.25, 0.3) is 0 Å². The van der Waals surface area contributed by atoms with Gasteiger partial charge in [-0.2, -0.15) is 13.2 Å². The van der Waals surface area contributed by atoms with Gasteiger partial charge in [-0.05, 0) is 26.8 Å². The van der Waals surface area contributed by atoms with Gasteiger partial charge in [0.2, 0.25) is 0 Å². The van der Waals surface area contributed by atoms with Gasteiger partial charge in [0.15, 0.2) is 6.10 Å². The maximum absolute atomic E-state index is 12.3. The Hall–Kier alpha value is -0.330. The number of ether oxygens (including phenoxy) is 2. The second-order valence-corrected chi connectivity index (χ2v) is 4.18. The Bertz CT molecular complexity index is 235. The molecule has 1 saturated carbocycles. The van der Waals surface area contributed by atoms with Crippen LogP contribution in [0.3, 0.4) is 0 Å². The van der Waals surface area contributed by atoms with Crippen molar-refractivity contribution in [2.45, 2.75) is 57.7 Å². The summed E-state index contributed by atoms with van der Waals surface area (Å²) < 4.78 is 47.5. The zero-order valence-corrected chi connectivity index (χ0v) is 10.4. The molecule has 4 atom stereocenters. The molecular formula is C11H20F3NO2. The minimum Gasteiger partial charge on any atom is -0.374 e. The average molecular weight is 255 g/mol. The summed E-state index contributed by atoms with van der Waals surface area (Å²) in [6, 6.07) is 0.102. The molecule has 17 heavy (non-hydrogen) atoms. The molecule has 0 saturated heterocycles. The van der Waals surface area contributed by atoms with Crippen molar-refractivity contribution in [3.63, 3.8) is 0 Å². The van der Waals surface area contributed by atoms with Crippen LogP contribution in [0.25, 0.3) is 0 Å². The second-order valence-electron chi connectivity index (χ2n) is 4.18. The number of alkyl halides is 3. The lowest BCUT2D eigenvalue weighted by Crippen LogP contribution is -2.61. The van der Waals surface area contributed by atoms with E-state index in [-0.39, 0.29) is 12.1 Å². The number of hydrogen-bond acceptors (Lipinski definition) is 3. The minimum absolute atomic E-state index is 0.102. The molecule has 1 aliphatic rings. The SMILES string of the molecule is CCNC1CC(OC(C)C(F)(F)F)C1OCC. The van der Waals surface area contributed by atoms with Crippen LogP contribution < -0.4 is 5.32 Å². The molecule has 0 heterocycles. The van der Waals surface area contributed by atoms with E-state index in [1.807, 2.05) is 13.8 Å². The van der Waals surface area contributed by atoms with Crippen LogP contribution >= 0.6 is 0 Å². The molecule has 0 aromatic rings. The molecule has 0 aliphatic heterocycles. The van der Waals surface area contributed by atoms with E-state index < -0.39 is 18.4 Å². The molecule has 3 nitrogen and oxygen atoms in total. The predicted molar refractivity (Wildman–Crippen MR) is 57.9 cm³/mol. The first-order chi connectivity index (χ1) is 7.90. The molecule has 1 rings (SSSR count). The molecule has 4 unspecified atom stereocenters. The smallest absolute Gasteiger partial charge is 0.374 e. The van der Waals surface area contributed by atoms with Crippen LogP contribution in [0.1, 0.15) is 27.2 Å². The Kier molecular flexibility index (Phi) is 5.22. The maximum atomic E-state index is 12.3. The van der Waals surface area contributed by atoms with Crippen molar-refractivity contribution in [1.29, 1.82) is 0 Å². The van der Waals surface area contributed by atoms with Gasteiger partial charge in [0.05, 0.1) is 12.2 Å². The molecule has 0 radical (unpaired) electrons. The topological polar surface area (TPSA) is 30.5 Å². The third kappa shape index (κ3) is 3.82. The number of halogens is 3. The first-order valence-electron chi connectivity index (χ1n) is 5.97. The normalized spacial score (nSPS) is 31.1. The van der Waals surface area contributed by atoms with Crippen molar-refractivity contribution in [3.8, 4) is 0 Å². The molecule has 1 N–H and O–H groups in total. The summed E-state index contributed by atoms with van der Waals surface area (Å²) in [4.78, 5) is 0. The molecule has 0 aromatic carbocycles. The van der Waals surface area contributed by atoms with Crippen molar-refractivity contribution >= 4 is 0 Å². The fourth-order valence-corrected chi connectivity index (χ4v) is 1.93. The van der Waals surface area contributed by atoms with E-state index in [9.17, 15) is 13.2 Å². The molecule has 0 aromatic heterocycles. The highest BCUT2D eigenvalue weighted by molar-refractivity contribution is 4.97. The Morgan fingerprint density at radius 1 is 1.35 bits per heavy atom. The molecule has 0 spiro atoms. The van der Waals surface area contributed by atoms with Crippen molar-refractivity contribution in [2.24, 2.45) is 0 Å². The predicted octanol–water partition coefficient (Wildman–Crippen LogP) is 2.11. The van der Waals surface area contributed by atoms with E-state index in [1.54, 1.807) is 0 Å². The first kappa shape index (κ1) is 14.7. The Morgan fingerprint density at radius 3 is 2.47 bits per heavy atom. The van der Waals surface area contributed by atoms with Crippen LogP contribution in [0.4, 0.5) is 13.2 Å². The second kappa shape index (κ2) is 6.02. The molecule has 102 valence electrons. The van der Waals surface area contributed by atoms with Crippen LogP contribution in [0.5, 0.6) is 0 Å². The number of rotatable bonds is 6. The minimum atomic E-state index is -4.31.